The third kappa shape index (κ3) is 5.46. The number of rotatable bonds is 6. The first-order chi connectivity index (χ1) is 15.7. The first-order valence-electron chi connectivity index (χ1n) is 13.1. The van der Waals surface area contributed by atoms with E-state index in [0.29, 0.717) is 41.6 Å². The fourth-order valence-corrected chi connectivity index (χ4v) is 7.70. The molecule has 0 spiro atoms. The maximum absolute atomic E-state index is 12.8. The van der Waals surface area contributed by atoms with Gasteiger partial charge in [0.05, 0.1) is 12.2 Å². The molecule has 0 bridgehead atoms. The van der Waals surface area contributed by atoms with Crippen LogP contribution in [-0.2, 0) is 0 Å². The molecule has 4 aliphatic rings. The Kier molecular flexibility index (Phi) is 7.82. The van der Waals surface area contributed by atoms with Crippen LogP contribution in [0.3, 0.4) is 0 Å². The van der Waals surface area contributed by atoms with Crippen LogP contribution in [0.5, 0.6) is 0 Å². The highest BCUT2D eigenvalue weighted by atomic mass is 19.3. The van der Waals surface area contributed by atoms with Crippen LogP contribution in [0.1, 0.15) is 71.6 Å². The fraction of sp³-hybridized carbons (Fsp3) is 0.786. The highest BCUT2D eigenvalue weighted by molar-refractivity contribution is 5.29. The smallest absolute Gasteiger partial charge is 0.238 e. The Balaban J connectivity index is 1.40. The van der Waals surface area contributed by atoms with Crippen LogP contribution in [0.15, 0.2) is 35.5 Å². The van der Waals surface area contributed by atoms with E-state index in [0.717, 1.165) is 38.0 Å². The van der Waals surface area contributed by atoms with Gasteiger partial charge in [0.1, 0.15) is 0 Å². The molecule has 1 heterocycles. The second-order valence-corrected chi connectivity index (χ2v) is 11.7. The maximum atomic E-state index is 12.8. The van der Waals surface area contributed by atoms with Crippen LogP contribution in [0.2, 0.25) is 0 Å². The number of allylic oxidation sites excluding steroid dienone is 3. The summed E-state index contributed by atoms with van der Waals surface area (Å²) in [5.74, 6) is 2.02. The van der Waals surface area contributed by atoms with E-state index in [1.807, 2.05) is 0 Å². The number of hydrogen-bond donors (Lipinski definition) is 2. The van der Waals surface area contributed by atoms with Crippen LogP contribution in [0.25, 0.3) is 0 Å². The molecule has 4 fully saturated rings. The molecule has 0 aromatic carbocycles. The lowest BCUT2D eigenvalue weighted by atomic mass is 9.61. The molecule has 3 nitrogen and oxygen atoms in total. The van der Waals surface area contributed by atoms with E-state index in [-0.39, 0.29) is 12.3 Å². The summed E-state index contributed by atoms with van der Waals surface area (Å²) in [7, 11) is 0. The van der Waals surface area contributed by atoms with E-state index in [4.69, 9.17) is 0 Å². The summed E-state index contributed by atoms with van der Waals surface area (Å²) in [6, 6.07) is 0. The van der Waals surface area contributed by atoms with Crippen LogP contribution >= 0.6 is 0 Å². The summed E-state index contributed by atoms with van der Waals surface area (Å²) >= 11 is 0. The molecule has 7 atom stereocenters. The summed E-state index contributed by atoms with van der Waals surface area (Å²) < 4.78 is 25.6. The number of fused-ring (bicyclic) bond motifs is 1. The number of likely N-dealkylation sites (tertiary alicyclic amines) is 1. The van der Waals surface area contributed by atoms with Gasteiger partial charge in [0.2, 0.25) is 6.43 Å². The van der Waals surface area contributed by atoms with Gasteiger partial charge in [-0.2, -0.15) is 0 Å². The summed E-state index contributed by atoms with van der Waals surface area (Å²) in [5.41, 5.74) is 3.50. The van der Waals surface area contributed by atoms with Gasteiger partial charge in [0, 0.05) is 19.5 Å². The predicted molar refractivity (Wildman–Crippen MR) is 129 cm³/mol. The number of alkyl halides is 2. The fourth-order valence-electron chi connectivity index (χ4n) is 7.70. The summed E-state index contributed by atoms with van der Waals surface area (Å²) in [4.78, 5) is 2.44. The molecular formula is C28H43F2NO2. The van der Waals surface area contributed by atoms with E-state index in [2.05, 4.69) is 37.5 Å². The molecule has 3 saturated carbocycles. The average molecular weight is 464 g/mol. The zero-order chi connectivity index (χ0) is 23.8. The third-order valence-electron chi connectivity index (χ3n) is 9.45. The predicted octanol–water partition coefficient (Wildman–Crippen LogP) is 5.74. The molecule has 4 rings (SSSR count). The number of hydrogen-bond acceptors (Lipinski definition) is 3. The Morgan fingerprint density at radius 3 is 2.58 bits per heavy atom. The zero-order valence-corrected chi connectivity index (χ0v) is 20.5. The molecular weight excluding hydrogens is 420 g/mol. The second kappa shape index (κ2) is 10.3. The minimum absolute atomic E-state index is 0.0555. The Hall–Kier alpha value is -1.04. The van der Waals surface area contributed by atoms with Crippen molar-refractivity contribution in [1.82, 2.24) is 4.90 Å². The first kappa shape index (κ1) is 25.1. The number of nitrogens with zero attached hydrogens (tertiary/aromatic N) is 1. The van der Waals surface area contributed by atoms with Gasteiger partial charge in [-0.05, 0) is 92.6 Å². The molecule has 0 amide bonds. The molecule has 0 aromatic rings. The minimum Gasteiger partial charge on any atom is -0.388 e. The molecule has 1 saturated heterocycles. The third-order valence-corrected chi connectivity index (χ3v) is 9.45. The van der Waals surface area contributed by atoms with Gasteiger partial charge < -0.3 is 15.1 Å². The molecule has 3 aliphatic carbocycles. The quantitative estimate of drug-likeness (QED) is 0.494. The highest BCUT2D eigenvalue weighted by Gasteiger charge is 2.50. The van der Waals surface area contributed by atoms with Crippen LogP contribution in [0, 0.1) is 29.1 Å². The van der Waals surface area contributed by atoms with Crippen molar-refractivity contribution in [1.29, 1.82) is 0 Å². The molecule has 0 aromatic heterocycles. The highest BCUT2D eigenvalue weighted by Crippen LogP contribution is 2.59. The summed E-state index contributed by atoms with van der Waals surface area (Å²) in [6.07, 6.45) is 9.23. The topological polar surface area (TPSA) is 43.7 Å². The zero-order valence-electron chi connectivity index (χ0n) is 20.5. The minimum atomic E-state index is -2.18. The van der Waals surface area contributed by atoms with Crippen molar-refractivity contribution in [2.75, 3.05) is 19.6 Å². The van der Waals surface area contributed by atoms with E-state index in [1.165, 1.54) is 31.3 Å². The van der Waals surface area contributed by atoms with Gasteiger partial charge in [-0.25, -0.2) is 8.78 Å². The Morgan fingerprint density at radius 2 is 1.88 bits per heavy atom. The van der Waals surface area contributed by atoms with Crippen molar-refractivity contribution in [3.8, 4) is 0 Å². The molecule has 0 radical (unpaired) electrons. The summed E-state index contributed by atoms with van der Waals surface area (Å²) in [6.45, 7) is 11.5. The van der Waals surface area contributed by atoms with Crippen LogP contribution in [0.4, 0.5) is 8.78 Å². The molecule has 2 N–H and O–H groups in total. The van der Waals surface area contributed by atoms with Crippen molar-refractivity contribution < 1.29 is 19.0 Å². The Morgan fingerprint density at radius 1 is 1.15 bits per heavy atom. The van der Waals surface area contributed by atoms with E-state index < -0.39 is 18.6 Å². The molecule has 1 aliphatic heterocycles. The standard InChI is InChI=1S/C28H43F2NO2/c1-18(16-31-12-10-21(17-31)15-27(29)30)23-8-9-24-22(5-4-11-28(23,24)3)7-6-20-13-25(32)19(2)26(33)14-20/h6-7,18,21,23-27,32-33H,2,4-5,8-17H2,1,3H3/b22-7+/t18-,21+,23-,24+,25-,26-,28-/m1/s1. The maximum Gasteiger partial charge on any atom is 0.238 e. The van der Waals surface area contributed by atoms with Gasteiger partial charge >= 0.3 is 0 Å². The van der Waals surface area contributed by atoms with Crippen molar-refractivity contribution in [3.63, 3.8) is 0 Å². The van der Waals surface area contributed by atoms with Crippen molar-refractivity contribution in [2.24, 2.45) is 29.1 Å². The van der Waals surface area contributed by atoms with Gasteiger partial charge in [-0.1, -0.05) is 43.7 Å². The average Bonchev–Trinajstić information content (AvgIpc) is 3.33. The lowest BCUT2D eigenvalue weighted by Crippen LogP contribution is -2.39. The largest absolute Gasteiger partial charge is 0.388 e. The normalized spacial score (nSPS) is 40.0. The molecule has 5 heteroatoms. The summed E-state index contributed by atoms with van der Waals surface area (Å²) in [5, 5.41) is 20.3. The Bertz CT molecular complexity index is 762. The van der Waals surface area contributed by atoms with Gasteiger partial charge in [-0.15, -0.1) is 0 Å². The lowest BCUT2D eigenvalue weighted by molar-refractivity contribution is 0.0797. The number of halogens is 2. The van der Waals surface area contributed by atoms with E-state index in [9.17, 15) is 19.0 Å². The Labute approximate surface area is 198 Å². The lowest BCUT2D eigenvalue weighted by Gasteiger charge is -2.45. The van der Waals surface area contributed by atoms with Crippen molar-refractivity contribution >= 4 is 0 Å². The van der Waals surface area contributed by atoms with Crippen molar-refractivity contribution in [3.05, 3.63) is 35.5 Å². The van der Waals surface area contributed by atoms with Crippen LogP contribution < -0.4 is 0 Å². The molecule has 0 unspecified atom stereocenters. The second-order valence-electron chi connectivity index (χ2n) is 11.7. The van der Waals surface area contributed by atoms with Crippen molar-refractivity contribution in [2.45, 2.75) is 90.3 Å². The van der Waals surface area contributed by atoms with Gasteiger partial charge in [-0.3, -0.25) is 0 Å². The molecule has 186 valence electrons. The van der Waals surface area contributed by atoms with E-state index >= 15 is 0 Å². The number of aliphatic hydroxyl groups excluding tert-OH is 2. The SMILES string of the molecule is C=C1[C@H](O)CC(=C/C=C2\CCC[C@]3(C)[C@@H]([C@H](C)CN4CC[C@@H](CC(F)F)C4)CC[C@@H]23)C[C@H]1O. The van der Waals surface area contributed by atoms with Gasteiger partial charge in [0.15, 0.2) is 0 Å². The van der Waals surface area contributed by atoms with Gasteiger partial charge in [0.25, 0.3) is 0 Å². The monoisotopic (exact) mass is 463 g/mol. The molecule has 33 heavy (non-hydrogen) atoms. The van der Waals surface area contributed by atoms with E-state index in [1.54, 1.807) is 0 Å². The number of aliphatic hydroxyl groups is 2. The first-order valence-corrected chi connectivity index (χ1v) is 13.1. The van der Waals surface area contributed by atoms with Crippen LogP contribution in [-0.4, -0.2) is 53.4 Å².